The Labute approximate surface area is 239 Å². The van der Waals surface area contributed by atoms with Gasteiger partial charge in [0.1, 0.15) is 23.2 Å². The maximum atomic E-state index is 14.4. The second kappa shape index (κ2) is 10.5. The fourth-order valence-electron chi connectivity index (χ4n) is 4.96. The number of hydrogen-bond acceptors (Lipinski definition) is 8. The number of rotatable bonds is 6. The lowest BCUT2D eigenvalue weighted by atomic mass is 9.99. The highest BCUT2D eigenvalue weighted by Crippen LogP contribution is 2.36. The summed E-state index contributed by atoms with van der Waals surface area (Å²) in [4.78, 5) is 49.3. The molecule has 0 saturated carbocycles. The number of para-hydroxylation sites is 1. The molecule has 0 aliphatic rings. The van der Waals surface area contributed by atoms with E-state index in [-0.39, 0.29) is 11.0 Å². The molecule has 0 unspecified atom stereocenters. The van der Waals surface area contributed by atoms with Gasteiger partial charge in [0.2, 0.25) is 5.95 Å². The van der Waals surface area contributed by atoms with Gasteiger partial charge in [-0.1, -0.05) is 48.0 Å². The molecule has 4 aromatic heterocycles. The number of nitrogens with zero attached hydrogens (tertiary/aromatic N) is 6. The van der Waals surface area contributed by atoms with Gasteiger partial charge in [-0.3, -0.25) is 14.2 Å². The van der Waals surface area contributed by atoms with E-state index in [9.17, 15) is 9.59 Å². The van der Waals surface area contributed by atoms with Crippen LogP contribution in [0.2, 0.25) is 5.02 Å². The topological polar surface area (TPSA) is 122 Å². The number of H-pyrrole nitrogens is 1. The molecule has 4 heterocycles. The van der Waals surface area contributed by atoms with Crippen LogP contribution in [0, 0.1) is 0 Å². The summed E-state index contributed by atoms with van der Waals surface area (Å²) in [5.74, 6) is 0.895. The summed E-state index contributed by atoms with van der Waals surface area (Å²) in [6.45, 7) is 1.87. The van der Waals surface area contributed by atoms with E-state index in [2.05, 4.69) is 30.2 Å². The fraction of sp³-hybridized carbons (Fsp3) is 0.133. The van der Waals surface area contributed by atoms with Gasteiger partial charge in [-0.15, -0.1) is 0 Å². The second-order valence-electron chi connectivity index (χ2n) is 9.72. The molecule has 204 valence electrons. The Balaban J connectivity index is 1.59. The van der Waals surface area contributed by atoms with Gasteiger partial charge in [-0.2, -0.15) is 0 Å². The van der Waals surface area contributed by atoms with Crippen molar-refractivity contribution in [2.75, 3.05) is 24.3 Å². The zero-order valence-corrected chi connectivity index (χ0v) is 23.2. The Kier molecular flexibility index (Phi) is 6.68. The lowest BCUT2D eigenvalue weighted by Crippen LogP contribution is -2.27. The van der Waals surface area contributed by atoms with Crippen molar-refractivity contribution in [3.05, 3.63) is 111 Å². The highest BCUT2D eigenvalue weighted by atomic mass is 35.5. The Morgan fingerprint density at radius 2 is 1.68 bits per heavy atom. The Bertz CT molecular complexity index is 2020. The van der Waals surface area contributed by atoms with Crippen molar-refractivity contribution >= 4 is 45.2 Å². The highest BCUT2D eigenvalue weighted by Gasteiger charge is 2.24. The van der Waals surface area contributed by atoms with Crippen LogP contribution in [-0.2, 0) is 0 Å². The molecule has 0 saturated heterocycles. The predicted molar refractivity (Wildman–Crippen MR) is 162 cm³/mol. The molecule has 0 fully saturated rings. The molecule has 2 aromatic carbocycles. The average Bonchev–Trinajstić information content (AvgIpc) is 2.99. The van der Waals surface area contributed by atoms with Crippen molar-refractivity contribution in [3.63, 3.8) is 0 Å². The average molecular weight is 565 g/mol. The summed E-state index contributed by atoms with van der Waals surface area (Å²) in [7, 11) is 3.73. The molecule has 0 aliphatic carbocycles. The van der Waals surface area contributed by atoms with Gasteiger partial charge in [-0.05, 0) is 24.6 Å². The number of hydrogen-bond donors (Lipinski definition) is 2. The number of pyridine rings is 2. The quantitative estimate of drug-likeness (QED) is 0.291. The lowest BCUT2D eigenvalue weighted by Gasteiger charge is -2.24. The first-order chi connectivity index (χ1) is 19.8. The van der Waals surface area contributed by atoms with E-state index in [1.165, 1.54) is 18.6 Å². The maximum Gasteiger partial charge on any atom is 0.263 e. The third kappa shape index (κ3) is 4.57. The first-order valence-electron chi connectivity index (χ1n) is 12.9. The van der Waals surface area contributed by atoms with Gasteiger partial charge >= 0.3 is 0 Å². The maximum absolute atomic E-state index is 14.4. The van der Waals surface area contributed by atoms with Crippen molar-refractivity contribution in [2.45, 2.75) is 13.0 Å². The van der Waals surface area contributed by atoms with Crippen LogP contribution in [0.25, 0.3) is 38.6 Å². The molecule has 41 heavy (non-hydrogen) atoms. The molecule has 6 rings (SSSR count). The van der Waals surface area contributed by atoms with Gasteiger partial charge in [0.15, 0.2) is 5.43 Å². The fourth-order valence-corrected chi connectivity index (χ4v) is 5.37. The minimum absolute atomic E-state index is 0.230. The van der Waals surface area contributed by atoms with Gasteiger partial charge < -0.3 is 15.2 Å². The van der Waals surface area contributed by atoms with Crippen LogP contribution >= 0.6 is 11.6 Å². The molecule has 1 atom stereocenters. The Hall–Kier alpha value is -5.09. The van der Waals surface area contributed by atoms with Crippen molar-refractivity contribution in [2.24, 2.45) is 0 Å². The first kappa shape index (κ1) is 26.1. The number of benzene rings is 2. The molecular formula is C30H25ClN8O2. The minimum Gasteiger partial charge on any atom is -0.361 e. The molecule has 0 radical (unpaired) electrons. The second-order valence-corrected chi connectivity index (χ2v) is 10.1. The highest BCUT2D eigenvalue weighted by molar-refractivity contribution is 6.36. The van der Waals surface area contributed by atoms with Crippen LogP contribution < -0.4 is 21.2 Å². The smallest absolute Gasteiger partial charge is 0.263 e. The van der Waals surface area contributed by atoms with E-state index in [1.807, 2.05) is 74.4 Å². The number of fused-ring (bicyclic) bond motifs is 2. The SMILES string of the molecule is C[C@H](Nc1ncnc2[nH]ccc(=O)c12)c1c(Cl)c2cccc(-c3cnc(N(C)C)nc3)c2c(=O)n1-c1ccccc1. The van der Waals surface area contributed by atoms with E-state index in [0.717, 1.165) is 0 Å². The summed E-state index contributed by atoms with van der Waals surface area (Å²) in [5, 5.41) is 5.05. The molecule has 0 aliphatic heterocycles. The van der Waals surface area contributed by atoms with Crippen molar-refractivity contribution in [1.29, 1.82) is 0 Å². The van der Waals surface area contributed by atoms with Crippen molar-refractivity contribution < 1.29 is 0 Å². The molecule has 6 aromatic rings. The van der Waals surface area contributed by atoms with E-state index < -0.39 is 6.04 Å². The molecule has 10 nitrogen and oxygen atoms in total. The number of anilines is 2. The van der Waals surface area contributed by atoms with Crippen LogP contribution in [0.4, 0.5) is 11.8 Å². The van der Waals surface area contributed by atoms with Gasteiger partial charge in [0, 0.05) is 55.4 Å². The molecule has 11 heteroatoms. The van der Waals surface area contributed by atoms with Crippen LogP contribution in [0.5, 0.6) is 0 Å². The van der Waals surface area contributed by atoms with E-state index >= 15 is 0 Å². The van der Waals surface area contributed by atoms with Crippen molar-refractivity contribution in [1.82, 2.24) is 29.5 Å². The number of nitrogens with one attached hydrogen (secondary N) is 2. The monoisotopic (exact) mass is 564 g/mol. The van der Waals surface area contributed by atoms with Crippen LogP contribution in [0.1, 0.15) is 18.7 Å². The number of halogens is 1. The largest absolute Gasteiger partial charge is 0.361 e. The first-order valence-corrected chi connectivity index (χ1v) is 13.2. The van der Waals surface area contributed by atoms with Crippen LogP contribution in [0.15, 0.2) is 89.1 Å². The summed E-state index contributed by atoms with van der Waals surface area (Å²) in [6, 6.07) is 15.7. The van der Waals surface area contributed by atoms with Gasteiger partial charge in [0.05, 0.1) is 22.1 Å². The minimum atomic E-state index is -0.538. The number of aromatic nitrogens is 6. The molecule has 2 N–H and O–H groups in total. The Morgan fingerprint density at radius 1 is 0.927 bits per heavy atom. The van der Waals surface area contributed by atoms with Gasteiger partial charge in [-0.25, -0.2) is 19.9 Å². The van der Waals surface area contributed by atoms with Crippen molar-refractivity contribution in [3.8, 4) is 16.8 Å². The third-order valence-corrected chi connectivity index (χ3v) is 7.26. The standard InChI is InChI=1S/C30H25ClN8O2/c1-17(37-28-24-22(40)12-13-32-27(24)35-16-36-28)26-25(31)21-11-7-10-20(18-14-33-30(34-15-18)38(2)3)23(21)29(41)39(26)19-8-5-4-6-9-19/h4-17H,1-3H3,(H2,32,35,36,37,40)/t17-/m0/s1. The van der Waals surface area contributed by atoms with Gasteiger partial charge in [0.25, 0.3) is 5.56 Å². The molecule has 0 spiro atoms. The summed E-state index contributed by atoms with van der Waals surface area (Å²) < 4.78 is 1.61. The predicted octanol–water partition coefficient (Wildman–Crippen LogP) is 4.97. The summed E-state index contributed by atoms with van der Waals surface area (Å²) in [6.07, 6.45) is 6.31. The molecule has 0 amide bonds. The van der Waals surface area contributed by atoms with E-state index in [4.69, 9.17) is 11.6 Å². The summed E-state index contributed by atoms with van der Waals surface area (Å²) >= 11 is 7.17. The molecular weight excluding hydrogens is 540 g/mol. The normalized spacial score (nSPS) is 12.0. The zero-order chi connectivity index (χ0) is 28.7. The molecule has 0 bridgehead atoms. The lowest BCUT2D eigenvalue weighted by molar-refractivity contribution is 0.774. The van der Waals surface area contributed by atoms with Crippen LogP contribution in [-0.4, -0.2) is 43.6 Å². The summed E-state index contributed by atoms with van der Waals surface area (Å²) in [5.41, 5.74) is 2.45. The van der Waals surface area contributed by atoms with Crippen LogP contribution in [0.3, 0.4) is 0 Å². The zero-order valence-electron chi connectivity index (χ0n) is 22.5. The Morgan fingerprint density at radius 3 is 2.41 bits per heavy atom. The van der Waals surface area contributed by atoms with E-state index in [0.29, 0.717) is 61.1 Å². The number of aromatic amines is 1. The third-order valence-electron chi connectivity index (χ3n) is 6.86. The van der Waals surface area contributed by atoms with E-state index in [1.54, 1.807) is 17.0 Å².